The smallest absolute Gasteiger partial charge is 0.312 e. The van der Waals surface area contributed by atoms with Crippen molar-refractivity contribution in [1.82, 2.24) is 10.6 Å². The first-order chi connectivity index (χ1) is 7.06. The summed E-state index contributed by atoms with van der Waals surface area (Å²) in [7, 11) is 0. The highest BCUT2D eigenvalue weighted by atomic mass is 16.2. The number of hydrogen-bond acceptors (Lipinski definition) is 2. The van der Waals surface area contributed by atoms with Gasteiger partial charge in [-0.05, 0) is 12.8 Å². The van der Waals surface area contributed by atoms with Gasteiger partial charge in [0.15, 0.2) is 0 Å². The Bertz CT molecular complexity index is 208. The van der Waals surface area contributed by atoms with Crippen molar-refractivity contribution in [2.45, 2.75) is 38.6 Å². The van der Waals surface area contributed by atoms with Crippen molar-refractivity contribution in [1.29, 1.82) is 0 Å². The molecule has 6 nitrogen and oxygen atoms in total. The first kappa shape index (κ1) is 13.5. The SMILES string of the molecule is CCCCC(CCNC(N)=O)NC(N)=O. The normalized spacial score (nSPS) is 11.8. The second kappa shape index (κ2) is 7.90. The molecule has 1 unspecified atom stereocenters. The van der Waals surface area contributed by atoms with Crippen molar-refractivity contribution >= 4 is 12.1 Å². The van der Waals surface area contributed by atoms with Crippen LogP contribution in [0.3, 0.4) is 0 Å². The van der Waals surface area contributed by atoms with Crippen molar-refractivity contribution in [3.8, 4) is 0 Å². The van der Waals surface area contributed by atoms with Gasteiger partial charge in [-0.2, -0.15) is 0 Å². The monoisotopic (exact) mass is 216 g/mol. The van der Waals surface area contributed by atoms with Crippen LogP contribution in [0, 0.1) is 0 Å². The molecule has 0 fully saturated rings. The third-order valence-electron chi connectivity index (χ3n) is 2.04. The Labute approximate surface area is 89.8 Å². The van der Waals surface area contributed by atoms with Crippen molar-refractivity contribution in [2.75, 3.05) is 6.54 Å². The van der Waals surface area contributed by atoms with Gasteiger partial charge in [0.1, 0.15) is 0 Å². The molecule has 0 aliphatic carbocycles. The number of carbonyl (C=O) groups excluding carboxylic acids is 2. The molecule has 15 heavy (non-hydrogen) atoms. The minimum Gasteiger partial charge on any atom is -0.352 e. The Balaban J connectivity index is 3.78. The first-order valence-corrected chi connectivity index (χ1v) is 5.15. The van der Waals surface area contributed by atoms with Crippen LogP contribution in [0.5, 0.6) is 0 Å². The Morgan fingerprint density at radius 2 is 1.87 bits per heavy atom. The topological polar surface area (TPSA) is 110 Å². The van der Waals surface area contributed by atoms with Gasteiger partial charge in [-0.3, -0.25) is 0 Å². The zero-order valence-electron chi connectivity index (χ0n) is 9.08. The molecule has 6 heteroatoms. The van der Waals surface area contributed by atoms with Crippen molar-refractivity contribution in [2.24, 2.45) is 11.5 Å². The fourth-order valence-corrected chi connectivity index (χ4v) is 1.31. The number of rotatable bonds is 7. The van der Waals surface area contributed by atoms with E-state index in [-0.39, 0.29) is 6.04 Å². The highest BCUT2D eigenvalue weighted by molar-refractivity contribution is 5.72. The van der Waals surface area contributed by atoms with Gasteiger partial charge in [-0.1, -0.05) is 19.8 Å². The van der Waals surface area contributed by atoms with Crippen LogP contribution in [0.25, 0.3) is 0 Å². The van der Waals surface area contributed by atoms with E-state index in [4.69, 9.17) is 11.5 Å². The molecule has 0 aromatic carbocycles. The molecule has 0 saturated carbocycles. The molecule has 0 spiro atoms. The molecule has 0 aromatic heterocycles. The number of carbonyl (C=O) groups is 2. The highest BCUT2D eigenvalue weighted by Gasteiger charge is 2.09. The van der Waals surface area contributed by atoms with E-state index in [1.807, 2.05) is 0 Å². The van der Waals surface area contributed by atoms with E-state index >= 15 is 0 Å². The van der Waals surface area contributed by atoms with Gasteiger partial charge >= 0.3 is 12.1 Å². The van der Waals surface area contributed by atoms with Gasteiger partial charge < -0.3 is 22.1 Å². The number of nitrogens with two attached hydrogens (primary N) is 2. The molecule has 88 valence electrons. The predicted molar refractivity (Wildman–Crippen MR) is 58.2 cm³/mol. The van der Waals surface area contributed by atoms with Crippen molar-refractivity contribution < 1.29 is 9.59 Å². The minimum atomic E-state index is -0.552. The fraction of sp³-hybridized carbons (Fsp3) is 0.778. The largest absolute Gasteiger partial charge is 0.352 e. The molecule has 0 aliphatic rings. The van der Waals surface area contributed by atoms with Crippen LogP contribution < -0.4 is 22.1 Å². The summed E-state index contributed by atoms with van der Waals surface area (Å²) in [5.41, 5.74) is 9.95. The van der Waals surface area contributed by atoms with Crippen LogP contribution in [0.2, 0.25) is 0 Å². The summed E-state index contributed by atoms with van der Waals surface area (Å²) in [6, 6.07) is -1.08. The second-order valence-corrected chi connectivity index (χ2v) is 3.43. The Hall–Kier alpha value is -1.46. The standard InChI is InChI=1S/C9H20N4O2/c1-2-3-4-7(13-9(11)15)5-6-12-8(10)14/h7H,2-6H2,1H3,(H3,10,12,14)(H3,11,13,15). The average Bonchev–Trinajstić information content (AvgIpc) is 2.12. The first-order valence-electron chi connectivity index (χ1n) is 5.15. The number of urea groups is 2. The van der Waals surface area contributed by atoms with Crippen molar-refractivity contribution in [3.63, 3.8) is 0 Å². The molecule has 0 bridgehead atoms. The van der Waals surface area contributed by atoms with Gasteiger partial charge in [0.25, 0.3) is 0 Å². The molecule has 1 atom stereocenters. The summed E-state index contributed by atoms with van der Waals surface area (Å²) < 4.78 is 0. The van der Waals surface area contributed by atoms with Gasteiger partial charge in [0.2, 0.25) is 0 Å². The zero-order chi connectivity index (χ0) is 11.7. The maximum Gasteiger partial charge on any atom is 0.312 e. The Morgan fingerprint density at radius 3 is 2.33 bits per heavy atom. The van der Waals surface area contributed by atoms with Gasteiger partial charge in [0.05, 0.1) is 0 Å². The molecule has 6 N–H and O–H groups in total. The molecular formula is C9H20N4O2. The molecular weight excluding hydrogens is 196 g/mol. The number of nitrogens with one attached hydrogen (secondary N) is 2. The summed E-state index contributed by atoms with van der Waals surface area (Å²) in [6.07, 6.45) is 3.58. The third-order valence-corrected chi connectivity index (χ3v) is 2.04. The van der Waals surface area contributed by atoms with E-state index in [0.717, 1.165) is 19.3 Å². The molecule has 0 heterocycles. The number of amides is 4. The molecule has 0 radical (unpaired) electrons. The third kappa shape index (κ3) is 8.86. The summed E-state index contributed by atoms with van der Waals surface area (Å²) in [4.78, 5) is 21.1. The molecule has 0 saturated heterocycles. The van der Waals surface area contributed by atoms with E-state index in [1.54, 1.807) is 0 Å². The van der Waals surface area contributed by atoms with Crippen LogP contribution in [0.15, 0.2) is 0 Å². The lowest BCUT2D eigenvalue weighted by Crippen LogP contribution is -2.41. The van der Waals surface area contributed by atoms with Crippen LogP contribution in [0.4, 0.5) is 9.59 Å². The van der Waals surface area contributed by atoms with E-state index in [0.29, 0.717) is 13.0 Å². The van der Waals surface area contributed by atoms with Gasteiger partial charge in [-0.25, -0.2) is 9.59 Å². The maximum absolute atomic E-state index is 10.7. The fourth-order valence-electron chi connectivity index (χ4n) is 1.31. The molecule has 4 amide bonds. The number of hydrogen-bond donors (Lipinski definition) is 4. The van der Waals surface area contributed by atoms with Crippen molar-refractivity contribution in [3.05, 3.63) is 0 Å². The van der Waals surface area contributed by atoms with Crippen LogP contribution >= 0.6 is 0 Å². The summed E-state index contributed by atoms with van der Waals surface area (Å²) in [5.74, 6) is 0. The van der Waals surface area contributed by atoms with E-state index in [9.17, 15) is 9.59 Å². The van der Waals surface area contributed by atoms with E-state index < -0.39 is 12.1 Å². The van der Waals surface area contributed by atoms with Crippen LogP contribution in [-0.4, -0.2) is 24.6 Å². The average molecular weight is 216 g/mol. The summed E-state index contributed by atoms with van der Waals surface area (Å²) in [6.45, 7) is 2.52. The predicted octanol–water partition coefficient (Wildman–Crippen LogP) is 0.272. The van der Waals surface area contributed by atoms with Gasteiger partial charge in [0, 0.05) is 12.6 Å². The van der Waals surface area contributed by atoms with E-state index in [1.165, 1.54) is 0 Å². The zero-order valence-corrected chi connectivity index (χ0v) is 9.08. The maximum atomic E-state index is 10.7. The lowest BCUT2D eigenvalue weighted by atomic mass is 10.1. The Kier molecular flexibility index (Phi) is 7.13. The lowest BCUT2D eigenvalue weighted by Gasteiger charge is -2.16. The number of primary amides is 2. The minimum absolute atomic E-state index is 0.00861. The summed E-state index contributed by atoms with van der Waals surface area (Å²) >= 11 is 0. The molecule has 0 aliphatic heterocycles. The summed E-state index contributed by atoms with van der Waals surface area (Å²) in [5, 5.41) is 5.11. The van der Waals surface area contributed by atoms with E-state index in [2.05, 4.69) is 17.6 Å². The molecule has 0 aromatic rings. The van der Waals surface area contributed by atoms with Crippen LogP contribution in [-0.2, 0) is 0 Å². The highest BCUT2D eigenvalue weighted by Crippen LogP contribution is 2.03. The quantitative estimate of drug-likeness (QED) is 0.490. The number of unbranched alkanes of at least 4 members (excludes halogenated alkanes) is 1. The Morgan fingerprint density at radius 1 is 1.20 bits per heavy atom. The second-order valence-electron chi connectivity index (χ2n) is 3.43. The van der Waals surface area contributed by atoms with Crippen LogP contribution in [0.1, 0.15) is 32.6 Å². The molecule has 0 rings (SSSR count). The van der Waals surface area contributed by atoms with Gasteiger partial charge in [-0.15, -0.1) is 0 Å². The lowest BCUT2D eigenvalue weighted by molar-refractivity contribution is 0.242.